The van der Waals surface area contributed by atoms with Crippen molar-refractivity contribution in [2.75, 3.05) is 11.3 Å². The zero-order chi connectivity index (χ0) is 12.0. The Kier molecular flexibility index (Phi) is 4.72. The van der Waals surface area contributed by atoms with Crippen LogP contribution in [0.2, 0.25) is 0 Å². The first-order chi connectivity index (χ1) is 7.57. The van der Waals surface area contributed by atoms with Crippen LogP contribution in [0.5, 0.6) is 0 Å². The molecule has 0 aliphatic carbocycles. The topological polar surface area (TPSA) is 84.2 Å². The molecule has 0 spiro atoms. The number of rotatable bonds is 6. The zero-order valence-electron chi connectivity index (χ0n) is 9.23. The minimum absolute atomic E-state index is 0.387. The molecule has 1 aromatic rings. The summed E-state index contributed by atoms with van der Waals surface area (Å²) in [5, 5.41) is 0. The molecule has 1 rings (SSSR count). The van der Waals surface area contributed by atoms with Gasteiger partial charge in [0.2, 0.25) is 0 Å². The Bertz CT molecular complexity index is 431. The Morgan fingerprint density at radius 2 is 2.12 bits per heavy atom. The number of hydrogen-bond acceptors (Lipinski definition) is 3. The maximum absolute atomic E-state index is 11.5. The molecule has 4 N–H and O–H groups in total. The van der Waals surface area contributed by atoms with Crippen molar-refractivity contribution in [2.45, 2.75) is 19.9 Å². The van der Waals surface area contributed by atoms with E-state index in [-0.39, 0.29) is 0 Å². The number of anilines is 1. The summed E-state index contributed by atoms with van der Waals surface area (Å²) in [5.41, 5.74) is 6.87. The summed E-state index contributed by atoms with van der Waals surface area (Å²) in [5.74, 6) is 0. The van der Waals surface area contributed by atoms with E-state index in [9.17, 15) is 8.42 Å². The van der Waals surface area contributed by atoms with Crippen molar-refractivity contribution in [1.82, 2.24) is 4.72 Å². The van der Waals surface area contributed by atoms with Crippen molar-refractivity contribution in [1.29, 1.82) is 0 Å². The van der Waals surface area contributed by atoms with Gasteiger partial charge in [-0.3, -0.25) is 4.72 Å². The molecule has 0 aliphatic rings. The average molecular weight is 243 g/mol. The maximum atomic E-state index is 11.5. The Morgan fingerprint density at radius 3 is 2.75 bits per heavy atom. The van der Waals surface area contributed by atoms with Crippen LogP contribution < -0.4 is 15.2 Å². The van der Waals surface area contributed by atoms with E-state index >= 15 is 0 Å². The van der Waals surface area contributed by atoms with Crippen LogP contribution in [0.25, 0.3) is 0 Å². The van der Waals surface area contributed by atoms with Crippen molar-refractivity contribution in [3.8, 4) is 0 Å². The molecule has 0 unspecified atom stereocenters. The van der Waals surface area contributed by atoms with E-state index in [4.69, 9.17) is 5.73 Å². The highest BCUT2D eigenvalue weighted by Gasteiger charge is 2.07. The second kappa shape index (κ2) is 5.83. The van der Waals surface area contributed by atoms with Gasteiger partial charge in [-0.2, -0.15) is 13.1 Å². The molecule has 0 aromatic heterocycles. The fraction of sp³-hybridized carbons (Fsp3) is 0.400. The van der Waals surface area contributed by atoms with Gasteiger partial charge in [-0.15, -0.1) is 0 Å². The zero-order valence-corrected chi connectivity index (χ0v) is 10.0. The van der Waals surface area contributed by atoms with Crippen molar-refractivity contribution < 1.29 is 8.42 Å². The van der Waals surface area contributed by atoms with E-state index in [0.717, 1.165) is 12.0 Å². The summed E-state index contributed by atoms with van der Waals surface area (Å²) < 4.78 is 27.9. The van der Waals surface area contributed by atoms with E-state index in [0.29, 0.717) is 18.8 Å². The molecule has 16 heavy (non-hydrogen) atoms. The molecule has 0 bridgehead atoms. The quantitative estimate of drug-likeness (QED) is 0.691. The van der Waals surface area contributed by atoms with Crippen molar-refractivity contribution in [3.63, 3.8) is 0 Å². The van der Waals surface area contributed by atoms with E-state index < -0.39 is 10.2 Å². The van der Waals surface area contributed by atoms with Gasteiger partial charge in [-0.1, -0.05) is 19.1 Å². The maximum Gasteiger partial charge on any atom is 0.299 e. The minimum atomic E-state index is -3.46. The second-order valence-corrected chi connectivity index (χ2v) is 4.90. The van der Waals surface area contributed by atoms with E-state index in [2.05, 4.69) is 9.44 Å². The van der Waals surface area contributed by atoms with Gasteiger partial charge in [0.25, 0.3) is 10.2 Å². The van der Waals surface area contributed by atoms with Crippen LogP contribution in [-0.2, 0) is 16.8 Å². The number of benzene rings is 1. The first-order valence-electron chi connectivity index (χ1n) is 5.14. The summed E-state index contributed by atoms with van der Waals surface area (Å²) in [7, 11) is -3.46. The lowest BCUT2D eigenvalue weighted by atomic mass is 10.2. The van der Waals surface area contributed by atoms with E-state index in [1.807, 2.05) is 13.0 Å². The van der Waals surface area contributed by atoms with Crippen molar-refractivity contribution in [3.05, 3.63) is 29.8 Å². The molecule has 0 saturated heterocycles. The van der Waals surface area contributed by atoms with Crippen molar-refractivity contribution >= 4 is 15.9 Å². The highest BCUT2D eigenvalue weighted by molar-refractivity contribution is 7.90. The second-order valence-electron chi connectivity index (χ2n) is 3.40. The lowest BCUT2D eigenvalue weighted by Crippen LogP contribution is -2.30. The fourth-order valence-corrected chi connectivity index (χ4v) is 2.17. The molecule has 0 amide bonds. The molecule has 0 aliphatic heterocycles. The summed E-state index contributed by atoms with van der Waals surface area (Å²) in [6.45, 7) is 2.71. The lowest BCUT2D eigenvalue weighted by Gasteiger charge is -2.09. The Balaban J connectivity index is 2.72. The van der Waals surface area contributed by atoms with Crippen LogP contribution in [-0.4, -0.2) is 15.0 Å². The summed E-state index contributed by atoms with van der Waals surface area (Å²) in [4.78, 5) is 0. The molecule has 90 valence electrons. The van der Waals surface area contributed by atoms with Crippen LogP contribution in [0.1, 0.15) is 18.9 Å². The van der Waals surface area contributed by atoms with Crippen LogP contribution >= 0.6 is 0 Å². The SMILES string of the molecule is CCCNS(=O)(=O)Nc1cccc(CN)c1. The third kappa shape index (κ3) is 4.18. The van der Waals surface area contributed by atoms with Crippen LogP contribution in [0.3, 0.4) is 0 Å². The van der Waals surface area contributed by atoms with Crippen LogP contribution in [0, 0.1) is 0 Å². The number of hydrogen-bond donors (Lipinski definition) is 3. The number of nitrogens with one attached hydrogen (secondary N) is 2. The standard InChI is InChI=1S/C10H17N3O2S/c1-2-6-12-16(14,15)13-10-5-3-4-9(7-10)8-11/h3-5,7,12-13H,2,6,8,11H2,1H3. The third-order valence-electron chi connectivity index (χ3n) is 1.96. The van der Waals surface area contributed by atoms with Gasteiger partial charge in [-0.05, 0) is 24.1 Å². The summed E-state index contributed by atoms with van der Waals surface area (Å²) >= 11 is 0. The first kappa shape index (κ1) is 13.0. The van der Waals surface area contributed by atoms with Crippen molar-refractivity contribution in [2.24, 2.45) is 5.73 Å². The molecule has 0 atom stereocenters. The molecule has 6 heteroatoms. The Morgan fingerprint density at radius 1 is 1.38 bits per heavy atom. The normalized spacial score (nSPS) is 11.4. The van der Waals surface area contributed by atoms with Gasteiger partial charge in [0.15, 0.2) is 0 Å². The average Bonchev–Trinajstić information content (AvgIpc) is 2.26. The van der Waals surface area contributed by atoms with Gasteiger partial charge >= 0.3 is 0 Å². The minimum Gasteiger partial charge on any atom is -0.326 e. The monoisotopic (exact) mass is 243 g/mol. The van der Waals surface area contributed by atoms with E-state index in [1.54, 1.807) is 18.2 Å². The molecule has 0 radical (unpaired) electrons. The predicted molar refractivity (Wildman–Crippen MR) is 65.2 cm³/mol. The third-order valence-corrected chi connectivity index (χ3v) is 3.05. The van der Waals surface area contributed by atoms with Crippen LogP contribution in [0.4, 0.5) is 5.69 Å². The molecule has 5 nitrogen and oxygen atoms in total. The largest absolute Gasteiger partial charge is 0.326 e. The Labute approximate surface area is 96.2 Å². The predicted octanol–water partition coefficient (Wildman–Crippen LogP) is 0.802. The molecule has 1 aromatic carbocycles. The molecule has 0 heterocycles. The molecule has 0 saturated carbocycles. The first-order valence-corrected chi connectivity index (χ1v) is 6.62. The van der Waals surface area contributed by atoms with Gasteiger partial charge in [0.05, 0.1) is 5.69 Å². The highest BCUT2D eigenvalue weighted by atomic mass is 32.2. The van der Waals surface area contributed by atoms with E-state index in [1.165, 1.54) is 0 Å². The highest BCUT2D eigenvalue weighted by Crippen LogP contribution is 2.11. The lowest BCUT2D eigenvalue weighted by molar-refractivity contribution is 0.586. The summed E-state index contributed by atoms with van der Waals surface area (Å²) in [6.07, 6.45) is 0.754. The smallest absolute Gasteiger partial charge is 0.299 e. The molecule has 0 fully saturated rings. The van der Waals surface area contributed by atoms with Gasteiger partial charge < -0.3 is 5.73 Å². The Hall–Kier alpha value is -1.11. The molecular formula is C10H17N3O2S. The van der Waals surface area contributed by atoms with Gasteiger partial charge in [0.1, 0.15) is 0 Å². The summed E-state index contributed by atoms with van der Waals surface area (Å²) in [6, 6.07) is 7.01. The molecular weight excluding hydrogens is 226 g/mol. The number of nitrogens with two attached hydrogens (primary N) is 1. The van der Waals surface area contributed by atoms with Gasteiger partial charge in [0, 0.05) is 13.1 Å². The van der Waals surface area contributed by atoms with Gasteiger partial charge in [-0.25, -0.2) is 0 Å². The fourth-order valence-electron chi connectivity index (χ4n) is 1.19. The van der Waals surface area contributed by atoms with Crippen LogP contribution in [0.15, 0.2) is 24.3 Å².